The molecule has 0 amide bonds. The zero-order valence-electron chi connectivity index (χ0n) is 17.0. The molecule has 1 unspecified atom stereocenters. The molecule has 0 bridgehead atoms. The monoisotopic (exact) mass is 383 g/mol. The number of para-hydroxylation sites is 1. The summed E-state index contributed by atoms with van der Waals surface area (Å²) in [6, 6.07) is 24.2. The summed E-state index contributed by atoms with van der Waals surface area (Å²) in [4.78, 5) is 16.7. The van der Waals surface area contributed by atoms with Crippen LogP contribution in [0.5, 0.6) is 5.75 Å². The second kappa shape index (κ2) is 7.96. The molecule has 4 aromatic rings. The molecule has 0 spiro atoms. The van der Waals surface area contributed by atoms with Crippen molar-refractivity contribution in [3.63, 3.8) is 0 Å². The van der Waals surface area contributed by atoms with E-state index in [-0.39, 0.29) is 11.7 Å². The molecule has 0 saturated heterocycles. The fraction of sp³-hybridized carbons (Fsp3) is 0.192. The van der Waals surface area contributed by atoms with Crippen LogP contribution < -0.4 is 4.74 Å². The molecule has 1 atom stereocenters. The first kappa shape index (κ1) is 19.0. The fourth-order valence-electron chi connectivity index (χ4n) is 4.01. The molecule has 3 aromatic carbocycles. The minimum atomic E-state index is -0.0126. The van der Waals surface area contributed by atoms with Crippen LogP contribution in [-0.4, -0.2) is 17.9 Å². The van der Waals surface area contributed by atoms with Crippen molar-refractivity contribution >= 4 is 16.7 Å². The number of hydrogen-bond donors (Lipinski definition) is 1. The minimum absolute atomic E-state index is 0.0126. The second-order valence-electron chi connectivity index (χ2n) is 7.53. The van der Waals surface area contributed by atoms with Crippen molar-refractivity contribution in [2.45, 2.75) is 26.2 Å². The number of hydrogen-bond acceptors (Lipinski definition) is 2. The lowest BCUT2D eigenvalue weighted by molar-refractivity contribution is 0.0977. The fourth-order valence-corrected chi connectivity index (χ4v) is 4.01. The Hall–Kier alpha value is -3.33. The largest absolute Gasteiger partial charge is 0.497 e. The first-order chi connectivity index (χ1) is 14.1. The van der Waals surface area contributed by atoms with Gasteiger partial charge in [0.1, 0.15) is 5.75 Å². The molecule has 146 valence electrons. The van der Waals surface area contributed by atoms with Crippen LogP contribution in [0.1, 0.15) is 45.1 Å². The molecular formula is C26H25NO2. The predicted octanol–water partition coefficient (Wildman–Crippen LogP) is 6.20. The molecule has 0 fully saturated rings. The third-order valence-electron chi connectivity index (χ3n) is 5.57. The molecule has 1 heterocycles. The van der Waals surface area contributed by atoms with Gasteiger partial charge in [-0.15, -0.1) is 0 Å². The van der Waals surface area contributed by atoms with Crippen LogP contribution in [0.2, 0.25) is 0 Å². The molecule has 29 heavy (non-hydrogen) atoms. The third kappa shape index (κ3) is 3.81. The molecule has 1 N–H and O–H groups in total. The Morgan fingerprint density at radius 3 is 2.31 bits per heavy atom. The summed E-state index contributed by atoms with van der Waals surface area (Å²) >= 11 is 0. The number of carbonyl (C=O) groups excluding carboxylic acids is 1. The predicted molar refractivity (Wildman–Crippen MR) is 118 cm³/mol. The summed E-state index contributed by atoms with van der Waals surface area (Å²) < 4.78 is 5.22. The van der Waals surface area contributed by atoms with Crippen LogP contribution >= 0.6 is 0 Å². The molecule has 1 aromatic heterocycles. The van der Waals surface area contributed by atoms with Crippen molar-refractivity contribution in [3.8, 4) is 5.75 Å². The standard InChI is InChI=1S/C26H25NO2/c1-17-8-10-19(11-9-17)23(16-25(28)20-12-14-21(29-3)15-13-20)26-18(2)27-24-7-5-4-6-22(24)26/h4-15,23,27H,16H2,1-3H3. The smallest absolute Gasteiger partial charge is 0.163 e. The number of carbonyl (C=O) groups is 1. The normalized spacial score (nSPS) is 12.1. The Kier molecular flexibility index (Phi) is 5.22. The number of ether oxygens (including phenoxy) is 1. The van der Waals surface area contributed by atoms with Gasteiger partial charge in [-0.25, -0.2) is 0 Å². The highest BCUT2D eigenvalue weighted by Crippen LogP contribution is 2.37. The molecule has 0 radical (unpaired) electrons. The summed E-state index contributed by atoms with van der Waals surface area (Å²) in [5.41, 5.74) is 6.50. The van der Waals surface area contributed by atoms with Crippen molar-refractivity contribution in [3.05, 3.63) is 101 Å². The number of methoxy groups -OCH3 is 1. The van der Waals surface area contributed by atoms with Crippen LogP contribution in [0.25, 0.3) is 10.9 Å². The highest BCUT2D eigenvalue weighted by atomic mass is 16.5. The maximum Gasteiger partial charge on any atom is 0.163 e. The number of H-pyrrole nitrogens is 1. The van der Waals surface area contributed by atoms with Gasteiger partial charge in [-0.3, -0.25) is 4.79 Å². The molecule has 0 saturated carbocycles. The first-order valence-electron chi connectivity index (χ1n) is 9.88. The maximum atomic E-state index is 13.2. The number of nitrogens with one attached hydrogen (secondary N) is 1. The number of Topliss-reactive ketones (excluding diaryl/α,β-unsaturated/α-hetero) is 1. The van der Waals surface area contributed by atoms with Crippen molar-refractivity contribution in [1.29, 1.82) is 0 Å². The average Bonchev–Trinajstić information content (AvgIpc) is 3.08. The SMILES string of the molecule is COc1ccc(C(=O)CC(c2ccc(C)cc2)c2c(C)[nH]c3ccccc23)cc1. The number of aromatic nitrogens is 1. The lowest BCUT2D eigenvalue weighted by Gasteiger charge is -2.19. The van der Waals surface area contributed by atoms with Gasteiger partial charge >= 0.3 is 0 Å². The Morgan fingerprint density at radius 1 is 0.931 bits per heavy atom. The van der Waals surface area contributed by atoms with Crippen molar-refractivity contribution in [1.82, 2.24) is 4.98 Å². The van der Waals surface area contributed by atoms with E-state index in [2.05, 4.69) is 61.3 Å². The van der Waals surface area contributed by atoms with E-state index >= 15 is 0 Å². The number of aromatic amines is 1. The van der Waals surface area contributed by atoms with Crippen molar-refractivity contribution < 1.29 is 9.53 Å². The van der Waals surface area contributed by atoms with Crippen molar-refractivity contribution in [2.24, 2.45) is 0 Å². The number of aryl methyl sites for hydroxylation is 2. The van der Waals surface area contributed by atoms with Gasteiger partial charge in [0.05, 0.1) is 7.11 Å². The summed E-state index contributed by atoms with van der Waals surface area (Å²) in [6.07, 6.45) is 0.415. The molecule has 3 nitrogen and oxygen atoms in total. The summed E-state index contributed by atoms with van der Waals surface area (Å²) in [5.74, 6) is 0.869. The van der Waals surface area contributed by atoms with Crippen LogP contribution in [0.4, 0.5) is 0 Å². The second-order valence-corrected chi connectivity index (χ2v) is 7.53. The Labute approximate surface area is 171 Å². The minimum Gasteiger partial charge on any atom is -0.497 e. The molecule has 4 rings (SSSR count). The van der Waals surface area contributed by atoms with Gasteiger partial charge in [0, 0.05) is 34.5 Å². The average molecular weight is 383 g/mol. The zero-order valence-corrected chi connectivity index (χ0v) is 17.0. The van der Waals surface area contributed by atoms with Gasteiger partial charge in [-0.05, 0) is 55.3 Å². The van der Waals surface area contributed by atoms with E-state index in [4.69, 9.17) is 4.74 Å². The van der Waals surface area contributed by atoms with Gasteiger partial charge < -0.3 is 9.72 Å². The highest BCUT2D eigenvalue weighted by Gasteiger charge is 2.24. The van der Waals surface area contributed by atoms with Crippen LogP contribution in [0, 0.1) is 13.8 Å². The summed E-state index contributed by atoms with van der Waals surface area (Å²) in [6.45, 7) is 4.17. The van der Waals surface area contributed by atoms with Gasteiger partial charge in [0.15, 0.2) is 5.78 Å². The van der Waals surface area contributed by atoms with E-state index in [0.717, 1.165) is 22.5 Å². The van der Waals surface area contributed by atoms with Gasteiger partial charge in [0.25, 0.3) is 0 Å². The van der Waals surface area contributed by atoms with E-state index in [0.29, 0.717) is 12.0 Å². The molecular weight excluding hydrogens is 358 g/mol. The van der Waals surface area contributed by atoms with E-state index in [1.165, 1.54) is 16.5 Å². The number of ketones is 1. The molecule has 3 heteroatoms. The number of fused-ring (bicyclic) bond motifs is 1. The Morgan fingerprint density at radius 2 is 1.62 bits per heavy atom. The number of rotatable bonds is 6. The van der Waals surface area contributed by atoms with E-state index in [1.807, 2.05) is 30.3 Å². The Balaban J connectivity index is 1.77. The zero-order chi connectivity index (χ0) is 20.4. The highest BCUT2D eigenvalue weighted by molar-refractivity contribution is 5.97. The lowest BCUT2D eigenvalue weighted by atomic mass is 9.84. The molecule has 0 aliphatic heterocycles. The third-order valence-corrected chi connectivity index (χ3v) is 5.57. The van der Waals surface area contributed by atoms with E-state index < -0.39 is 0 Å². The van der Waals surface area contributed by atoms with Gasteiger partial charge in [0.2, 0.25) is 0 Å². The van der Waals surface area contributed by atoms with Crippen molar-refractivity contribution in [2.75, 3.05) is 7.11 Å². The first-order valence-corrected chi connectivity index (χ1v) is 9.88. The van der Waals surface area contributed by atoms with E-state index in [1.54, 1.807) is 7.11 Å². The topological polar surface area (TPSA) is 42.1 Å². The lowest BCUT2D eigenvalue weighted by Crippen LogP contribution is -2.10. The quantitative estimate of drug-likeness (QED) is 0.403. The van der Waals surface area contributed by atoms with E-state index in [9.17, 15) is 4.79 Å². The molecule has 0 aliphatic rings. The summed E-state index contributed by atoms with van der Waals surface area (Å²) in [5, 5.41) is 1.18. The van der Waals surface area contributed by atoms with Gasteiger partial charge in [-0.1, -0.05) is 48.0 Å². The number of benzene rings is 3. The van der Waals surface area contributed by atoms with Crippen LogP contribution in [0.3, 0.4) is 0 Å². The van der Waals surface area contributed by atoms with Crippen LogP contribution in [-0.2, 0) is 0 Å². The Bertz CT molecular complexity index is 1140. The summed E-state index contributed by atoms with van der Waals surface area (Å²) in [7, 11) is 1.63. The molecule has 0 aliphatic carbocycles. The van der Waals surface area contributed by atoms with Crippen LogP contribution in [0.15, 0.2) is 72.8 Å². The van der Waals surface area contributed by atoms with Gasteiger partial charge in [-0.2, -0.15) is 0 Å². The maximum absolute atomic E-state index is 13.2.